The maximum Gasteiger partial charge on any atom is 0.148 e. The van der Waals surface area contributed by atoms with E-state index in [1.807, 2.05) is 6.92 Å². The maximum atomic E-state index is 5.56. The van der Waals surface area contributed by atoms with E-state index in [0.29, 0.717) is 6.04 Å². The average Bonchev–Trinajstić information content (AvgIpc) is 2.47. The molecule has 1 aromatic rings. The fourth-order valence-electron chi connectivity index (χ4n) is 2.83. The van der Waals surface area contributed by atoms with Crippen LogP contribution in [0.15, 0.2) is 0 Å². The normalized spacial score (nSPS) is 16.4. The summed E-state index contributed by atoms with van der Waals surface area (Å²) in [4.78, 5) is 11.4. The number of nitrogens with zero attached hydrogens (tertiary/aromatic N) is 3. The van der Waals surface area contributed by atoms with Crippen molar-refractivity contribution in [3.8, 4) is 0 Å². The number of nitrogens with one attached hydrogen (secondary N) is 1. The first-order valence-corrected chi connectivity index (χ1v) is 7.24. The lowest BCUT2D eigenvalue weighted by molar-refractivity contribution is 0.425. The van der Waals surface area contributed by atoms with E-state index in [0.717, 1.165) is 29.4 Å². The van der Waals surface area contributed by atoms with Gasteiger partial charge in [0.05, 0.1) is 0 Å². The van der Waals surface area contributed by atoms with Crippen molar-refractivity contribution >= 4 is 11.6 Å². The highest BCUT2D eigenvalue weighted by molar-refractivity contribution is 5.58. The lowest BCUT2D eigenvalue weighted by atomic mass is 9.94. The molecule has 5 heteroatoms. The molecule has 1 aliphatic carbocycles. The lowest BCUT2D eigenvalue weighted by Crippen LogP contribution is -2.35. The molecule has 106 valence electrons. The number of nitrogen functional groups attached to an aromatic ring is 1. The molecule has 1 fully saturated rings. The first-order chi connectivity index (χ1) is 9.17. The topological polar surface area (TPSA) is 67.1 Å². The third kappa shape index (κ3) is 2.97. The Morgan fingerprint density at radius 2 is 1.95 bits per heavy atom. The summed E-state index contributed by atoms with van der Waals surface area (Å²) in [7, 11) is 2.14. The molecule has 1 heterocycles. The van der Waals surface area contributed by atoms with E-state index in [-0.39, 0.29) is 0 Å². The third-order valence-electron chi connectivity index (χ3n) is 4.08. The van der Waals surface area contributed by atoms with Gasteiger partial charge >= 0.3 is 0 Å². The van der Waals surface area contributed by atoms with Crippen molar-refractivity contribution in [3.05, 3.63) is 11.4 Å². The second kappa shape index (κ2) is 6.19. The summed E-state index contributed by atoms with van der Waals surface area (Å²) in [6.45, 7) is 4.10. The molecule has 0 bridgehead atoms. The molecule has 5 nitrogen and oxygen atoms in total. The molecule has 3 N–H and O–H groups in total. The van der Waals surface area contributed by atoms with Gasteiger partial charge in [0, 0.05) is 25.1 Å². The standard InChI is InChI=1S/C14H25N5/c1-4-12-16-13(18-15)10(2)14(17-12)19(3)11-8-6-5-7-9-11/h11H,4-9,15H2,1-3H3,(H,16,17,18). The molecule has 0 unspecified atom stereocenters. The largest absolute Gasteiger partial charge is 0.356 e. The summed E-state index contributed by atoms with van der Waals surface area (Å²) < 4.78 is 0. The van der Waals surface area contributed by atoms with Gasteiger partial charge in [-0.2, -0.15) is 0 Å². The highest BCUT2D eigenvalue weighted by Gasteiger charge is 2.22. The van der Waals surface area contributed by atoms with E-state index in [9.17, 15) is 0 Å². The SMILES string of the molecule is CCc1nc(NN)c(C)c(N(C)C2CCCCC2)n1. The Morgan fingerprint density at radius 3 is 2.53 bits per heavy atom. The van der Waals surface area contributed by atoms with Gasteiger partial charge in [0.15, 0.2) is 0 Å². The second-order valence-electron chi connectivity index (χ2n) is 5.34. The maximum absolute atomic E-state index is 5.56. The van der Waals surface area contributed by atoms with Crippen LogP contribution >= 0.6 is 0 Å². The Bertz CT molecular complexity index is 426. The van der Waals surface area contributed by atoms with Crippen LogP contribution in [0, 0.1) is 6.92 Å². The van der Waals surface area contributed by atoms with Crippen LogP contribution in [0.4, 0.5) is 11.6 Å². The molecule has 1 aliphatic rings. The molecule has 0 saturated heterocycles. The van der Waals surface area contributed by atoms with Crippen LogP contribution in [0.1, 0.15) is 50.4 Å². The number of nitrogens with two attached hydrogens (primary N) is 1. The van der Waals surface area contributed by atoms with Crippen LogP contribution in [0.3, 0.4) is 0 Å². The van der Waals surface area contributed by atoms with Crippen molar-refractivity contribution in [2.45, 2.75) is 58.4 Å². The molecule has 0 amide bonds. The minimum absolute atomic E-state index is 0.595. The Balaban J connectivity index is 2.31. The van der Waals surface area contributed by atoms with Gasteiger partial charge in [-0.05, 0) is 19.8 Å². The summed E-state index contributed by atoms with van der Waals surface area (Å²) in [5.74, 6) is 8.17. The summed E-state index contributed by atoms with van der Waals surface area (Å²) in [5.41, 5.74) is 3.73. The van der Waals surface area contributed by atoms with Gasteiger partial charge in [-0.25, -0.2) is 15.8 Å². The zero-order valence-corrected chi connectivity index (χ0v) is 12.2. The van der Waals surface area contributed by atoms with Gasteiger partial charge in [0.25, 0.3) is 0 Å². The van der Waals surface area contributed by atoms with Crippen LogP contribution in [-0.4, -0.2) is 23.1 Å². The molecular formula is C14H25N5. The van der Waals surface area contributed by atoms with Crippen LogP contribution in [0.25, 0.3) is 0 Å². The summed E-state index contributed by atoms with van der Waals surface area (Å²) in [6, 6.07) is 0.595. The number of hydrogen-bond acceptors (Lipinski definition) is 5. The van der Waals surface area contributed by atoms with Crippen molar-refractivity contribution in [2.75, 3.05) is 17.4 Å². The second-order valence-corrected chi connectivity index (χ2v) is 5.34. The predicted octanol–water partition coefficient (Wildman–Crippen LogP) is 2.40. The van der Waals surface area contributed by atoms with E-state index >= 15 is 0 Å². The van der Waals surface area contributed by atoms with Gasteiger partial charge in [-0.1, -0.05) is 26.2 Å². The number of aromatic nitrogens is 2. The zero-order chi connectivity index (χ0) is 13.8. The van der Waals surface area contributed by atoms with Crippen LogP contribution in [0.5, 0.6) is 0 Å². The monoisotopic (exact) mass is 263 g/mol. The summed E-state index contributed by atoms with van der Waals surface area (Å²) in [6.07, 6.45) is 7.34. The Kier molecular flexibility index (Phi) is 4.58. The van der Waals surface area contributed by atoms with Crippen molar-refractivity contribution in [1.29, 1.82) is 0 Å². The van der Waals surface area contributed by atoms with E-state index in [4.69, 9.17) is 10.8 Å². The predicted molar refractivity (Wildman–Crippen MR) is 79.2 cm³/mol. The zero-order valence-electron chi connectivity index (χ0n) is 12.2. The first-order valence-electron chi connectivity index (χ1n) is 7.24. The molecule has 1 saturated carbocycles. The molecule has 0 aliphatic heterocycles. The molecule has 0 aromatic carbocycles. The summed E-state index contributed by atoms with van der Waals surface area (Å²) >= 11 is 0. The third-order valence-corrected chi connectivity index (χ3v) is 4.08. The van der Waals surface area contributed by atoms with Crippen molar-refractivity contribution in [1.82, 2.24) is 9.97 Å². The van der Waals surface area contributed by atoms with Gasteiger partial charge in [-0.3, -0.25) is 0 Å². The van der Waals surface area contributed by atoms with E-state index in [1.54, 1.807) is 0 Å². The summed E-state index contributed by atoms with van der Waals surface area (Å²) in [5, 5.41) is 0. The van der Waals surface area contributed by atoms with Crippen molar-refractivity contribution in [2.24, 2.45) is 5.84 Å². The van der Waals surface area contributed by atoms with Crippen molar-refractivity contribution < 1.29 is 0 Å². The number of hydrazine groups is 1. The number of rotatable bonds is 4. The fourth-order valence-corrected chi connectivity index (χ4v) is 2.83. The highest BCUT2D eigenvalue weighted by Crippen LogP contribution is 2.29. The Morgan fingerprint density at radius 1 is 1.26 bits per heavy atom. The number of aryl methyl sites for hydroxylation is 1. The van der Waals surface area contributed by atoms with Gasteiger partial charge in [-0.15, -0.1) is 0 Å². The fraction of sp³-hybridized carbons (Fsp3) is 0.714. The van der Waals surface area contributed by atoms with E-state index in [2.05, 4.69) is 29.3 Å². The van der Waals surface area contributed by atoms with Crippen molar-refractivity contribution in [3.63, 3.8) is 0 Å². The molecule has 2 rings (SSSR count). The Hall–Kier alpha value is -1.36. The minimum Gasteiger partial charge on any atom is -0.356 e. The van der Waals surface area contributed by atoms with Crippen LogP contribution in [-0.2, 0) is 6.42 Å². The lowest BCUT2D eigenvalue weighted by Gasteiger charge is -2.33. The quantitative estimate of drug-likeness (QED) is 0.645. The van der Waals surface area contributed by atoms with Gasteiger partial charge in [0.1, 0.15) is 17.5 Å². The molecule has 0 spiro atoms. The highest BCUT2D eigenvalue weighted by atomic mass is 15.3. The Labute approximate surface area is 115 Å². The van der Waals surface area contributed by atoms with Gasteiger partial charge in [0.2, 0.25) is 0 Å². The number of hydrogen-bond donors (Lipinski definition) is 2. The number of anilines is 2. The minimum atomic E-state index is 0.595. The van der Waals surface area contributed by atoms with Gasteiger partial charge < -0.3 is 10.3 Å². The molecule has 1 aromatic heterocycles. The molecule has 19 heavy (non-hydrogen) atoms. The van der Waals surface area contributed by atoms with Crippen LogP contribution < -0.4 is 16.2 Å². The van der Waals surface area contributed by atoms with Crippen LogP contribution in [0.2, 0.25) is 0 Å². The smallest absolute Gasteiger partial charge is 0.148 e. The molecular weight excluding hydrogens is 238 g/mol. The van der Waals surface area contributed by atoms with E-state index < -0.39 is 0 Å². The average molecular weight is 263 g/mol. The molecule has 0 atom stereocenters. The van der Waals surface area contributed by atoms with E-state index in [1.165, 1.54) is 32.1 Å². The first kappa shape index (κ1) is 14.1. The molecule has 0 radical (unpaired) electrons.